The minimum absolute atomic E-state index is 0.0477. The van der Waals surface area contributed by atoms with E-state index in [1.807, 2.05) is 71.2 Å². The van der Waals surface area contributed by atoms with Crippen LogP contribution in [0.25, 0.3) is 0 Å². The Morgan fingerprint density at radius 2 is 1.55 bits per heavy atom. The molecule has 8 nitrogen and oxygen atoms in total. The summed E-state index contributed by atoms with van der Waals surface area (Å²) < 4.78 is 35.2. The van der Waals surface area contributed by atoms with E-state index in [-0.39, 0.29) is 23.0 Å². The number of rotatable bonds is 13. The van der Waals surface area contributed by atoms with Gasteiger partial charge in [-0.15, -0.1) is 11.8 Å². The normalized spacial score (nSPS) is 12.3. The van der Waals surface area contributed by atoms with Crippen molar-refractivity contribution in [2.75, 3.05) is 23.7 Å². The van der Waals surface area contributed by atoms with Crippen LogP contribution in [0.15, 0.2) is 88.7 Å². The number of nitrogens with one attached hydrogen (secondary N) is 1. The molecular formula is C32H41N3O5S2. The zero-order valence-corrected chi connectivity index (χ0v) is 26.8. The summed E-state index contributed by atoms with van der Waals surface area (Å²) in [5, 5.41) is 2.98. The van der Waals surface area contributed by atoms with Gasteiger partial charge in [0.25, 0.3) is 10.0 Å². The number of ether oxygens (including phenoxy) is 1. The zero-order chi connectivity index (χ0) is 30.9. The molecule has 42 heavy (non-hydrogen) atoms. The highest BCUT2D eigenvalue weighted by atomic mass is 32.2. The molecule has 0 fully saturated rings. The summed E-state index contributed by atoms with van der Waals surface area (Å²) in [7, 11) is -4.21. The zero-order valence-electron chi connectivity index (χ0n) is 25.2. The molecule has 0 unspecified atom stereocenters. The van der Waals surface area contributed by atoms with Crippen LogP contribution in [-0.2, 0) is 26.2 Å². The number of para-hydroxylation sites is 2. The quantitative estimate of drug-likeness (QED) is 0.248. The molecule has 2 amide bonds. The van der Waals surface area contributed by atoms with Gasteiger partial charge in [0.15, 0.2) is 0 Å². The second-order valence-corrected chi connectivity index (χ2v) is 13.5. The first-order chi connectivity index (χ1) is 19.9. The third-order valence-electron chi connectivity index (χ3n) is 6.44. The van der Waals surface area contributed by atoms with Crippen LogP contribution in [0.2, 0.25) is 0 Å². The molecule has 0 saturated carbocycles. The molecule has 10 heteroatoms. The number of nitrogens with zero attached hydrogens (tertiary/aromatic N) is 2. The van der Waals surface area contributed by atoms with Crippen molar-refractivity contribution in [1.82, 2.24) is 10.2 Å². The van der Waals surface area contributed by atoms with E-state index >= 15 is 0 Å². The number of sulfonamides is 1. The van der Waals surface area contributed by atoms with E-state index in [0.717, 1.165) is 14.8 Å². The minimum Gasteiger partial charge on any atom is -0.492 e. The Kier molecular flexibility index (Phi) is 11.5. The molecule has 0 spiro atoms. The molecule has 3 aromatic rings. The van der Waals surface area contributed by atoms with Crippen LogP contribution in [0.5, 0.6) is 5.75 Å². The Morgan fingerprint density at radius 1 is 0.929 bits per heavy atom. The lowest BCUT2D eigenvalue weighted by molar-refractivity contribution is -0.141. The van der Waals surface area contributed by atoms with Gasteiger partial charge >= 0.3 is 0 Å². The fourth-order valence-corrected chi connectivity index (χ4v) is 6.31. The van der Waals surface area contributed by atoms with Crippen molar-refractivity contribution in [1.29, 1.82) is 0 Å². The summed E-state index contributed by atoms with van der Waals surface area (Å²) in [6.07, 6.45) is 2.26. The first-order valence-electron chi connectivity index (χ1n) is 13.9. The van der Waals surface area contributed by atoms with Crippen LogP contribution < -0.4 is 14.4 Å². The lowest BCUT2D eigenvalue weighted by Crippen LogP contribution is -2.55. The summed E-state index contributed by atoms with van der Waals surface area (Å²) in [5.74, 6) is -0.472. The molecule has 0 aliphatic rings. The maximum Gasteiger partial charge on any atom is 0.264 e. The number of hydrogen-bond acceptors (Lipinski definition) is 6. The topological polar surface area (TPSA) is 96.0 Å². The van der Waals surface area contributed by atoms with E-state index in [0.29, 0.717) is 18.8 Å². The Balaban J connectivity index is 2.11. The number of carbonyl (C=O) groups excluding carboxylic acids is 2. The van der Waals surface area contributed by atoms with E-state index in [4.69, 9.17) is 4.74 Å². The van der Waals surface area contributed by atoms with Crippen molar-refractivity contribution in [3.05, 3.63) is 84.4 Å². The van der Waals surface area contributed by atoms with Crippen molar-refractivity contribution >= 4 is 39.3 Å². The van der Waals surface area contributed by atoms with Gasteiger partial charge in [0, 0.05) is 17.0 Å². The summed E-state index contributed by atoms with van der Waals surface area (Å²) in [4.78, 5) is 30.1. The van der Waals surface area contributed by atoms with Crippen LogP contribution in [0.4, 0.5) is 5.69 Å². The number of anilines is 1. The average Bonchev–Trinajstić information content (AvgIpc) is 2.96. The molecule has 0 aliphatic carbocycles. The van der Waals surface area contributed by atoms with E-state index in [1.165, 1.54) is 28.8 Å². The predicted octanol–water partition coefficient (Wildman–Crippen LogP) is 5.72. The van der Waals surface area contributed by atoms with Crippen LogP contribution in [0.3, 0.4) is 0 Å². The molecule has 0 aromatic heterocycles. The number of benzene rings is 3. The molecule has 0 saturated heterocycles. The first kappa shape index (κ1) is 33.0. The van der Waals surface area contributed by atoms with E-state index in [9.17, 15) is 18.0 Å². The fraction of sp³-hybridized carbons (Fsp3) is 0.375. The Labute approximate surface area is 254 Å². The fourth-order valence-electron chi connectivity index (χ4n) is 4.48. The first-order valence-corrected chi connectivity index (χ1v) is 16.6. The Bertz CT molecular complexity index is 1440. The van der Waals surface area contributed by atoms with Crippen LogP contribution in [0, 0.1) is 0 Å². The second-order valence-electron chi connectivity index (χ2n) is 10.8. The second kappa shape index (κ2) is 14.6. The van der Waals surface area contributed by atoms with Crippen molar-refractivity contribution < 1.29 is 22.7 Å². The summed E-state index contributed by atoms with van der Waals surface area (Å²) in [6.45, 7) is 9.20. The lowest BCUT2D eigenvalue weighted by Gasteiger charge is -2.35. The van der Waals surface area contributed by atoms with Gasteiger partial charge in [0.1, 0.15) is 18.3 Å². The van der Waals surface area contributed by atoms with Crippen molar-refractivity contribution in [3.8, 4) is 5.75 Å². The lowest BCUT2D eigenvalue weighted by atomic mass is 10.1. The number of hydrogen-bond donors (Lipinski definition) is 1. The van der Waals surface area contributed by atoms with Gasteiger partial charge in [0.05, 0.1) is 17.2 Å². The third kappa shape index (κ3) is 8.51. The molecule has 0 heterocycles. The molecule has 3 aromatic carbocycles. The van der Waals surface area contributed by atoms with Gasteiger partial charge in [-0.2, -0.15) is 0 Å². The summed E-state index contributed by atoms with van der Waals surface area (Å²) in [5.41, 5.74) is 0.555. The van der Waals surface area contributed by atoms with E-state index in [1.54, 1.807) is 36.4 Å². The van der Waals surface area contributed by atoms with Gasteiger partial charge < -0.3 is 15.0 Å². The Morgan fingerprint density at radius 3 is 2.12 bits per heavy atom. The highest BCUT2D eigenvalue weighted by molar-refractivity contribution is 7.98. The van der Waals surface area contributed by atoms with Crippen LogP contribution in [0.1, 0.15) is 46.6 Å². The van der Waals surface area contributed by atoms with Gasteiger partial charge in [-0.3, -0.25) is 13.9 Å². The standard InChI is InChI=1S/C32H41N3O5S2/c1-7-27(31(37)33-32(3,4)5)34(22-24-14-10-9-11-15-24)30(36)23-35(28-16-12-13-17-29(28)40-8-2)42(38,39)26-20-18-25(41-6)19-21-26/h9-21,27H,7-8,22-23H2,1-6H3,(H,33,37)/t27-/m0/s1. The molecular weight excluding hydrogens is 571 g/mol. The van der Waals surface area contributed by atoms with Crippen molar-refractivity contribution in [2.45, 2.75) is 69.0 Å². The van der Waals surface area contributed by atoms with Crippen molar-refractivity contribution in [2.24, 2.45) is 0 Å². The predicted molar refractivity (Wildman–Crippen MR) is 169 cm³/mol. The average molecular weight is 612 g/mol. The maximum absolute atomic E-state index is 14.2. The van der Waals surface area contributed by atoms with Crippen LogP contribution >= 0.6 is 11.8 Å². The molecule has 0 aliphatic heterocycles. The van der Waals surface area contributed by atoms with Crippen molar-refractivity contribution in [3.63, 3.8) is 0 Å². The third-order valence-corrected chi connectivity index (χ3v) is 8.96. The Hall–Kier alpha value is -3.50. The number of thioether (sulfide) groups is 1. The molecule has 0 bridgehead atoms. The summed E-state index contributed by atoms with van der Waals surface area (Å²) in [6, 6.07) is 21.8. The van der Waals surface area contributed by atoms with Gasteiger partial charge in [0.2, 0.25) is 11.8 Å². The summed E-state index contributed by atoms with van der Waals surface area (Å²) >= 11 is 1.50. The largest absolute Gasteiger partial charge is 0.492 e. The van der Waals surface area contributed by atoms with E-state index < -0.39 is 34.1 Å². The highest BCUT2D eigenvalue weighted by Gasteiger charge is 2.35. The molecule has 3 rings (SSSR count). The smallest absolute Gasteiger partial charge is 0.264 e. The van der Waals surface area contributed by atoms with Gasteiger partial charge in [-0.1, -0.05) is 49.4 Å². The van der Waals surface area contributed by atoms with Gasteiger partial charge in [-0.25, -0.2) is 8.42 Å². The highest BCUT2D eigenvalue weighted by Crippen LogP contribution is 2.33. The number of carbonyl (C=O) groups is 2. The molecule has 1 atom stereocenters. The SMILES string of the molecule is CCOc1ccccc1N(CC(=O)N(Cc1ccccc1)[C@@H](CC)C(=O)NC(C)(C)C)S(=O)(=O)c1ccc(SC)cc1. The van der Waals surface area contributed by atoms with E-state index in [2.05, 4.69) is 5.32 Å². The molecule has 0 radical (unpaired) electrons. The number of amides is 2. The van der Waals surface area contributed by atoms with Gasteiger partial charge in [-0.05, 0) is 82.3 Å². The molecule has 226 valence electrons. The molecule has 1 N–H and O–H groups in total. The monoisotopic (exact) mass is 611 g/mol. The van der Waals surface area contributed by atoms with Crippen LogP contribution in [-0.4, -0.2) is 56.1 Å². The minimum atomic E-state index is -4.21. The maximum atomic E-state index is 14.2.